The fraction of sp³-hybridized carbons (Fsp3) is 1.00. The lowest BCUT2D eigenvalue weighted by atomic mass is 9.65. The van der Waals surface area contributed by atoms with Crippen molar-refractivity contribution in [2.24, 2.45) is 0 Å². The van der Waals surface area contributed by atoms with Crippen LogP contribution in [0.15, 0.2) is 0 Å². The van der Waals surface area contributed by atoms with Crippen molar-refractivity contribution in [3.05, 3.63) is 0 Å². The number of aliphatic hydroxyl groups excluding tert-OH is 6. The van der Waals surface area contributed by atoms with Gasteiger partial charge in [0.25, 0.3) is 0 Å². The van der Waals surface area contributed by atoms with E-state index in [9.17, 15) is 40.9 Å². The van der Waals surface area contributed by atoms with Gasteiger partial charge in [-0.1, -0.05) is 13.3 Å². The molecular weight excluding hydrogens is 356 g/mol. The average molecular weight is 384 g/mol. The number of aliphatic hydroxyl groups is 9. The van der Waals surface area contributed by atoms with Crippen molar-refractivity contribution >= 4 is 0 Å². The van der Waals surface area contributed by atoms with Crippen LogP contribution in [0.2, 0.25) is 0 Å². The smallest absolute Gasteiger partial charge is 0.195 e. The van der Waals surface area contributed by atoms with E-state index in [1.165, 1.54) is 0 Å². The monoisotopic (exact) mass is 384 g/mol. The molecule has 2 aliphatic rings. The molecule has 0 aromatic rings. The highest BCUT2D eigenvalue weighted by molar-refractivity contribution is 5.19. The molecular formula is C15H28O11. The molecule has 9 N–H and O–H groups in total. The fourth-order valence-electron chi connectivity index (χ4n) is 3.78. The van der Waals surface area contributed by atoms with Gasteiger partial charge >= 0.3 is 0 Å². The van der Waals surface area contributed by atoms with Crippen molar-refractivity contribution in [2.45, 2.75) is 73.4 Å². The molecule has 2 aliphatic heterocycles. The first-order valence-corrected chi connectivity index (χ1v) is 8.44. The third kappa shape index (κ3) is 2.97. The van der Waals surface area contributed by atoms with Crippen LogP contribution in [0.25, 0.3) is 0 Å². The van der Waals surface area contributed by atoms with Gasteiger partial charge in [-0.15, -0.1) is 0 Å². The molecule has 154 valence electrons. The van der Waals surface area contributed by atoms with Gasteiger partial charge in [0.05, 0.1) is 19.8 Å². The van der Waals surface area contributed by atoms with Crippen molar-refractivity contribution in [2.75, 3.05) is 19.8 Å². The Kier molecular flexibility index (Phi) is 6.33. The standard InChI is InChI=1S/C15H28O11/c1-2-3-14(23)11(20)12(21)15(24,8(5-17)26-14)13(22)6-25-7(4-16)9(18)10(13)19/h7-12,16-24H,2-6H2,1H3/t7-,8-,9+,10+,11-,12-,13-,14+,15+/m1/s1. The highest BCUT2D eigenvalue weighted by Crippen LogP contribution is 2.46. The summed E-state index contributed by atoms with van der Waals surface area (Å²) in [4.78, 5) is 0. The Morgan fingerprint density at radius 2 is 1.54 bits per heavy atom. The molecule has 0 bridgehead atoms. The number of hydrogen-bond donors (Lipinski definition) is 9. The van der Waals surface area contributed by atoms with E-state index < -0.39 is 73.4 Å². The highest BCUT2D eigenvalue weighted by Gasteiger charge is 2.71. The fourth-order valence-corrected chi connectivity index (χ4v) is 3.78. The Balaban J connectivity index is 2.45. The Morgan fingerprint density at radius 3 is 2.04 bits per heavy atom. The van der Waals surface area contributed by atoms with Gasteiger partial charge in [0, 0.05) is 6.42 Å². The van der Waals surface area contributed by atoms with Gasteiger partial charge in [-0.05, 0) is 0 Å². The maximum absolute atomic E-state index is 11.0. The van der Waals surface area contributed by atoms with Crippen molar-refractivity contribution in [3.8, 4) is 0 Å². The second-order valence-electron chi connectivity index (χ2n) is 6.99. The van der Waals surface area contributed by atoms with Gasteiger partial charge < -0.3 is 55.4 Å². The molecule has 0 aliphatic carbocycles. The zero-order valence-corrected chi connectivity index (χ0v) is 14.3. The predicted octanol–water partition coefficient (Wildman–Crippen LogP) is -4.84. The van der Waals surface area contributed by atoms with E-state index in [4.69, 9.17) is 14.6 Å². The lowest BCUT2D eigenvalue weighted by molar-refractivity contribution is -0.417. The molecule has 11 heteroatoms. The Hall–Kier alpha value is -0.440. The first-order valence-electron chi connectivity index (χ1n) is 8.44. The Labute approximate surface area is 149 Å². The van der Waals surface area contributed by atoms with Gasteiger partial charge in [0.1, 0.15) is 36.6 Å². The first kappa shape index (κ1) is 21.9. The van der Waals surface area contributed by atoms with E-state index in [1.54, 1.807) is 6.92 Å². The van der Waals surface area contributed by atoms with Crippen LogP contribution >= 0.6 is 0 Å². The number of rotatable bonds is 5. The Morgan fingerprint density at radius 1 is 0.923 bits per heavy atom. The average Bonchev–Trinajstić information content (AvgIpc) is 2.61. The van der Waals surface area contributed by atoms with Crippen molar-refractivity contribution < 1.29 is 55.4 Å². The molecule has 2 fully saturated rings. The lowest BCUT2D eigenvalue weighted by Gasteiger charge is -2.59. The summed E-state index contributed by atoms with van der Waals surface area (Å²) in [7, 11) is 0. The maximum Gasteiger partial charge on any atom is 0.195 e. The molecule has 2 rings (SSSR count). The van der Waals surface area contributed by atoms with Crippen LogP contribution in [-0.4, -0.2) is 119 Å². The normalized spacial score (nSPS) is 52.8. The summed E-state index contributed by atoms with van der Waals surface area (Å²) in [6.07, 6.45) is -11.3. The van der Waals surface area contributed by atoms with Gasteiger partial charge in [-0.2, -0.15) is 0 Å². The van der Waals surface area contributed by atoms with E-state index in [1.807, 2.05) is 0 Å². The predicted molar refractivity (Wildman–Crippen MR) is 82.6 cm³/mol. The van der Waals surface area contributed by atoms with Crippen LogP contribution < -0.4 is 0 Å². The van der Waals surface area contributed by atoms with Crippen molar-refractivity contribution in [3.63, 3.8) is 0 Å². The van der Waals surface area contributed by atoms with Crippen molar-refractivity contribution in [1.82, 2.24) is 0 Å². The van der Waals surface area contributed by atoms with Gasteiger partial charge in [0.2, 0.25) is 0 Å². The zero-order chi connectivity index (χ0) is 19.9. The molecule has 0 aromatic heterocycles. The van der Waals surface area contributed by atoms with Crippen LogP contribution in [0.1, 0.15) is 19.8 Å². The molecule has 0 amide bonds. The topological polar surface area (TPSA) is 201 Å². The third-order valence-corrected chi connectivity index (χ3v) is 5.41. The number of ether oxygens (including phenoxy) is 2. The van der Waals surface area contributed by atoms with E-state index >= 15 is 0 Å². The van der Waals surface area contributed by atoms with E-state index in [0.717, 1.165) is 0 Å². The molecule has 0 radical (unpaired) electrons. The van der Waals surface area contributed by atoms with Gasteiger partial charge in [-0.3, -0.25) is 0 Å². The summed E-state index contributed by atoms with van der Waals surface area (Å²) in [5.41, 5.74) is -5.71. The van der Waals surface area contributed by atoms with Crippen LogP contribution in [-0.2, 0) is 9.47 Å². The van der Waals surface area contributed by atoms with Crippen molar-refractivity contribution in [1.29, 1.82) is 0 Å². The summed E-state index contributed by atoms with van der Waals surface area (Å²) in [6.45, 7) is -0.884. The van der Waals surface area contributed by atoms with Crippen LogP contribution in [0, 0.1) is 0 Å². The molecule has 11 nitrogen and oxygen atoms in total. The number of hydrogen-bond acceptors (Lipinski definition) is 11. The minimum Gasteiger partial charge on any atom is -0.394 e. The molecule has 0 aromatic carbocycles. The molecule has 0 spiro atoms. The van der Waals surface area contributed by atoms with Gasteiger partial charge in [-0.25, -0.2) is 0 Å². The minimum absolute atomic E-state index is 0.148. The highest BCUT2D eigenvalue weighted by atomic mass is 16.7. The second-order valence-corrected chi connectivity index (χ2v) is 6.99. The molecule has 26 heavy (non-hydrogen) atoms. The van der Waals surface area contributed by atoms with E-state index in [0.29, 0.717) is 6.42 Å². The van der Waals surface area contributed by atoms with E-state index in [2.05, 4.69) is 0 Å². The molecule has 9 atom stereocenters. The quantitative estimate of drug-likeness (QED) is 0.220. The summed E-state index contributed by atoms with van der Waals surface area (Å²) in [5, 5.41) is 92.2. The maximum atomic E-state index is 11.0. The summed E-state index contributed by atoms with van der Waals surface area (Å²) in [5.74, 6) is -2.31. The Bertz CT molecular complexity index is 488. The van der Waals surface area contributed by atoms with Crippen LogP contribution in [0.4, 0.5) is 0 Å². The van der Waals surface area contributed by atoms with Crippen LogP contribution in [0.3, 0.4) is 0 Å². The minimum atomic E-state index is -2.91. The summed E-state index contributed by atoms with van der Waals surface area (Å²) in [6, 6.07) is 0. The SMILES string of the molecule is CCC[C@]1(O)O[C@H](CO)[C@@](O)([C@@]2(O)CO[C@H](CO)[C@H](O)[C@@H]2O)[C@H](O)[C@H]1O. The third-order valence-electron chi connectivity index (χ3n) is 5.41. The largest absolute Gasteiger partial charge is 0.394 e. The van der Waals surface area contributed by atoms with Crippen LogP contribution in [0.5, 0.6) is 0 Å². The molecule has 0 saturated carbocycles. The molecule has 2 heterocycles. The zero-order valence-electron chi connectivity index (χ0n) is 14.3. The summed E-state index contributed by atoms with van der Waals surface area (Å²) < 4.78 is 10.3. The lowest BCUT2D eigenvalue weighted by Crippen LogP contribution is -2.84. The molecule has 0 unspecified atom stereocenters. The van der Waals surface area contributed by atoms with E-state index in [-0.39, 0.29) is 6.42 Å². The second kappa shape index (κ2) is 7.53. The first-order chi connectivity index (χ1) is 12.0. The molecule has 2 saturated heterocycles. The van der Waals surface area contributed by atoms with Gasteiger partial charge in [0.15, 0.2) is 17.0 Å². The summed E-state index contributed by atoms with van der Waals surface area (Å²) >= 11 is 0.